The molecule has 0 radical (unpaired) electrons. The van der Waals surface area contributed by atoms with Crippen LogP contribution < -0.4 is 9.46 Å². The first-order chi connectivity index (χ1) is 14.3. The second-order valence-electron chi connectivity index (χ2n) is 6.95. The number of benzene rings is 3. The van der Waals surface area contributed by atoms with Gasteiger partial charge in [0.05, 0.1) is 12.0 Å². The highest BCUT2D eigenvalue weighted by Crippen LogP contribution is 2.20. The molecule has 0 aliphatic heterocycles. The first-order valence-corrected chi connectivity index (χ1v) is 10.9. The Morgan fingerprint density at radius 1 is 0.967 bits per heavy atom. The predicted molar refractivity (Wildman–Crippen MR) is 117 cm³/mol. The van der Waals surface area contributed by atoms with Crippen LogP contribution in [-0.2, 0) is 16.6 Å². The first kappa shape index (κ1) is 21.4. The third kappa shape index (κ3) is 4.99. The van der Waals surface area contributed by atoms with Crippen molar-refractivity contribution in [3.8, 4) is 5.75 Å². The number of ether oxygens (including phenoxy) is 1. The molecule has 0 unspecified atom stereocenters. The molecule has 3 rings (SSSR count). The van der Waals surface area contributed by atoms with Crippen molar-refractivity contribution in [3.05, 3.63) is 89.5 Å². The van der Waals surface area contributed by atoms with Crippen molar-refractivity contribution in [2.45, 2.75) is 18.4 Å². The number of nitrogens with zero attached hydrogens (tertiary/aromatic N) is 1. The van der Waals surface area contributed by atoms with Crippen LogP contribution in [-0.4, -0.2) is 33.4 Å². The van der Waals surface area contributed by atoms with Gasteiger partial charge in [0.1, 0.15) is 5.75 Å². The first-order valence-electron chi connectivity index (χ1n) is 9.37. The summed E-state index contributed by atoms with van der Waals surface area (Å²) >= 11 is 0. The quantitative estimate of drug-likeness (QED) is 0.620. The van der Waals surface area contributed by atoms with E-state index in [-0.39, 0.29) is 10.8 Å². The zero-order valence-electron chi connectivity index (χ0n) is 17.1. The number of aryl methyl sites for hydroxylation is 1. The van der Waals surface area contributed by atoms with E-state index < -0.39 is 10.0 Å². The molecular formula is C23H24N2O4S. The maximum Gasteiger partial charge on any atom is 0.261 e. The van der Waals surface area contributed by atoms with Crippen LogP contribution in [0.5, 0.6) is 5.75 Å². The largest absolute Gasteiger partial charge is 0.497 e. The number of carbonyl (C=O) groups excluding carboxylic acids is 1. The molecule has 3 aromatic rings. The summed E-state index contributed by atoms with van der Waals surface area (Å²) in [6.07, 6.45) is 0. The normalized spacial score (nSPS) is 11.0. The summed E-state index contributed by atoms with van der Waals surface area (Å²) in [5.41, 5.74) is 3.03. The molecule has 1 N–H and O–H groups in total. The van der Waals surface area contributed by atoms with Gasteiger partial charge in [0.15, 0.2) is 0 Å². The standard InChI is InChI=1S/C23H24N2O4S/c1-17-6-4-5-7-19(17)16-25(2)23(26)18-8-14-22(15-9-18)30(27,28)24-20-10-12-21(29-3)13-11-20/h4-15,24H,16H2,1-3H3. The average molecular weight is 425 g/mol. The fourth-order valence-electron chi connectivity index (χ4n) is 2.98. The Hall–Kier alpha value is -3.32. The second kappa shape index (κ2) is 9.00. The van der Waals surface area contributed by atoms with E-state index in [1.807, 2.05) is 31.2 Å². The number of hydrogen-bond donors (Lipinski definition) is 1. The van der Waals surface area contributed by atoms with Gasteiger partial charge in [-0.05, 0) is 66.6 Å². The molecule has 0 bridgehead atoms. The van der Waals surface area contributed by atoms with Gasteiger partial charge in [-0.2, -0.15) is 0 Å². The molecule has 156 valence electrons. The van der Waals surface area contributed by atoms with E-state index in [9.17, 15) is 13.2 Å². The van der Waals surface area contributed by atoms with Crippen LogP contribution in [0.4, 0.5) is 5.69 Å². The molecule has 0 spiro atoms. The Labute approximate surface area is 177 Å². The third-order valence-electron chi connectivity index (χ3n) is 4.77. The number of carbonyl (C=O) groups is 1. The third-order valence-corrected chi connectivity index (χ3v) is 6.17. The van der Waals surface area contributed by atoms with Crippen LogP contribution in [0, 0.1) is 6.92 Å². The smallest absolute Gasteiger partial charge is 0.261 e. The molecule has 0 aliphatic carbocycles. The Balaban J connectivity index is 1.71. The van der Waals surface area contributed by atoms with Crippen molar-refractivity contribution >= 4 is 21.6 Å². The molecule has 0 saturated heterocycles. The van der Waals surface area contributed by atoms with Crippen LogP contribution in [0.15, 0.2) is 77.7 Å². The summed E-state index contributed by atoms with van der Waals surface area (Å²) in [5, 5.41) is 0. The van der Waals surface area contributed by atoms with Crippen molar-refractivity contribution in [3.63, 3.8) is 0 Å². The maximum atomic E-state index is 12.7. The van der Waals surface area contributed by atoms with Crippen LogP contribution in [0.3, 0.4) is 0 Å². The van der Waals surface area contributed by atoms with E-state index in [0.717, 1.165) is 11.1 Å². The van der Waals surface area contributed by atoms with E-state index in [1.165, 1.54) is 24.3 Å². The van der Waals surface area contributed by atoms with Crippen molar-refractivity contribution in [2.24, 2.45) is 0 Å². The van der Waals surface area contributed by atoms with Gasteiger partial charge in [0.25, 0.3) is 15.9 Å². The van der Waals surface area contributed by atoms with Gasteiger partial charge in [0.2, 0.25) is 0 Å². The Morgan fingerprint density at radius 2 is 1.60 bits per heavy atom. The summed E-state index contributed by atoms with van der Waals surface area (Å²) in [6.45, 7) is 2.48. The number of anilines is 1. The summed E-state index contributed by atoms with van der Waals surface area (Å²) in [7, 11) is -0.497. The van der Waals surface area contributed by atoms with Crippen molar-refractivity contribution < 1.29 is 17.9 Å². The number of nitrogens with one attached hydrogen (secondary N) is 1. The zero-order valence-corrected chi connectivity index (χ0v) is 17.9. The highest BCUT2D eigenvalue weighted by molar-refractivity contribution is 7.92. The minimum absolute atomic E-state index is 0.0800. The molecule has 0 heterocycles. The van der Waals surface area contributed by atoms with Gasteiger partial charge in [0, 0.05) is 24.8 Å². The van der Waals surface area contributed by atoms with Crippen molar-refractivity contribution in [2.75, 3.05) is 18.9 Å². The lowest BCUT2D eigenvalue weighted by Crippen LogP contribution is -2.26. The lowest BCUT2D eigenvalue weighted by molar-refractivity contribution is 0.0785. The lowest BCUT2D eigenvalue weighted by Gasteiger charge is -2.19. The van der Waals surface area contributed by atoms with Gasteiger partial charge < -0.3 is 9.64 Å². The fraction of sp³-hybridized carbons (Fsp3) is 0.174. The van der Waals surface area contributed by atoms with Crippen molar-refractivity contribution in [1.29, 1.82) is 0 Å². The molecule has 0 aliphatic rings. The highest BCUT2D eigenvalue weighted by atomic mass is 32.2. The molecule has 0 fully saturated rings. The number of rotatable bonds is 7. The number of amides is 1. The van der Waals surface area contributed by atoms with E-state index >= 15 is 0 Å². The van der Waals surface area contributed by atoms with Gasteiger partial charge in [-0.25, -0.2) is 8.42 Å². The van der Waals surface area contributed by atoms with E-state index in [0.29, 0.717) is 23.5 Å². The van der Waals surface area contributed by atoms with Gasteiger partial charge in [-0.15, -0.1) is 0 Å². The number of hydrogen-bond acceptors (Lipinski definition) is 4. The fourth-order valence-corrected chi connectivity index (χ4v) is 4.04. The van der Waals surface area contributed by atoms with Crippen LogP contribution in [0.25, 0.3) is 0 Å². The second-order valence-corrected chi connectivity index (χ2v) is 8.63. The molecule has 0 atom stereocenters. The summed E-state index contributed by atoms with van der Waals surface area (Å²) in [6, 6.07) is 20.4. The van der Waals surface area contributed by atoms with Gasteiger partial charge >= 0.3 is 0 Å². The molecule has 3 aromatic carbocycles. The minimum Gasteiger partial charge on any atom is -0.497 e. The van der Waals surface area contributed by atoms with E-state index in [2.05, 4.69) is 4.72 Å². The summed E-state index contributed by atoms with van der Waals surface area (Å²) in [4.78, 5) is 14.4. The monoisotopic (exact) mass is 424 g/mol. The molecule has 0 aromatic heterocycles. The number of sulfonamides is 1. The average Bonchev–Trinajstić information content (AvgIpc) is 2.75. The maximum absolute atomic E-state index is 12.7. The molecule has 6 nitrogen and oxygen atoms in total. The Morgan fingerprint density at radius 3 is 2.20 bits per heavy atom. The van der Waals surface area contributed by atoms with E-state index in [4.69, 9.17) is 4.74 Å². The van der Waals surface area contributed by atoms with Gasteiger partial charge in [-0.3, -0.25) is 9.52 Å². The zero-order chi connectivity index (χ0) is 21.7. The predicted octanol–water partition coefficient (Wildman–Crippen LogP) is 4.08. The van der Waals surface area contributed by atoms with Crippen molar-refractivity contribution in [1.82, 2.24) is 4.90 Å². The van der Waals surface area contributed by atoms with Gasteiger partial charge in [-0.1, -0.05) is 24.3 Å². The number of methoxy groups -OCH3 is 1. The highest BCUT2D eigenvalue weighted by Gasteiger charge is 2.17. The Bertz CT molecular complexity index is 1120. The van der Waals surface area contributed by atoms with E-state index in [1.54, 1.807) is 43.3 Å². The molecular weight excluding hydrogens is 400 g/mol. The molecule has 1 amide bonds. The minimum atomic E-state index is -3.77. The summed E-state index contributed by atoms with van der Waals surface area (Å²) < 4.78 is 32.8. The SMILES string of the molecule is COc1ccc(NS(=O)(=O)c2ccc(C(=O)N(C)Cc3ccccc3C)cc2)cc1. The molecule has 7 heteroatoms. The topological polar surface area (TPSA) is 75.7 Å². The molecule has 30 heavy (non-hydrogen) atoms. The van der Waals surface area contributed by atoms with Crippen LogP contribution in [0.1, 0.15) is 21.5 Å². The lowest BCUT2D eigenvalue weighted by atomic mass is 10.1. The molecule has 0 saturated carbocycles. The van der Waals surface area contributed by atoms with Crippen LogP contribution >= 0.6 is 0 Å². The summed E-state index contributed by atoms with van der Waals surface area (Å²) in [5.74, 6) is 0.459. The van der Waals surface area contributed by atoms with Crippen LogP contribution in [0.2, 0.25) is 0 Å². The Kier molecular flexibility index (Phi) is 6.42.